The zero-order chi connectivity index (χ0) is 17.4. The van der Waals surface area contributed by atoms with Crippen LogP contribution in [-0.2, 0) is 14.3 Å². The van der Waals surface area contributed by atoms with Gasteiger partial charge in [-0.2, -0.15) is 0 Å². The fraction of sp³-hybridized carbons (Fsp3) is 0.579. The van der Waals surface area contributed by atoms with Crippen molar-refractivity contribution in [2.45, 2.75) is 51.2 Å². The molecule has 2 saturated carbocycles. The molecule has 3 aliphatic rings. The summed E-state index contributed by atoms with van der Waals surface area (Å²) in [5, 5.41) is 2.74. The number of esters is 1. The number of amides is 1. The Balaban J connectivity index is 1.33. The Morgan fingerprint density at radius 3 is 2.64 bits per heavy atom. The van der Waals surface area contributed by atoms with Crippen molar-refractivity contribution in [1.29, 1.82) is 0 Å². The van der Waals surface area contributed by atoms with Crippen LogP contribution < -0.4 is 14.8 Å². The molecule has 1 amide bonds. The van der Waals surface area contributed by atoms with Crippen molar-refractivity contribution in [2.24, 2.45) is 11.8 Å². The van der Waals surface area contributed by atoms with Gasteiger partial charge in [0, 0.05) is 24.6 Å². The molecule has 0 radical (unpaired) electrons. The van der Waals surface area contributed by atoms with E-state index in [0.717, 1.165) is 32.1 Å². The lowest BCUT2D eigenvalue weighted by atomic mass is 9.94. The maximum absolute atomic E-state index is 12.0. The van der Waals surface area contributed by atoms with Crippen LogP contribution in [0.3, 0.4) is 0 Å². The minimum atomic E-state index is -0.528. The first-order chi connectivity index (χ1) is 12.0. The lowest BCUT2D eigenvalue weighted by Crippen LogP contribution is -2.40. The first-order valence-electron chi connectivity index (χ1n) is 9.03. The van der Waals surface area contributed by atoms with E-state index in [0.29, 0.717) is 23.1 Å². The van der Waals surface area contributed by atoms with Gasteiger partial charge in [0.05, 0.1) is 5.92 Å². The standard InChI is InChI=1S/C19H23NO5/c1-12-9-14(12)18(22)23-11-17(21)20-13-5-6-15-16(10-13)25-19(24-15)7-3-2-4-8-19/h5-6,10,12,14H,2-4,7-9,11H2,1H3,(H,20,21). The van der Waals surface area contributed by atoms with Crippen LogP contribution in [0.25, 0.3) is 0 Å². The Bertz CT molecular complexity index is 695. The Morgan fingerprint density at radius 1 is 1.20 bits per heavy atom. The molecule has 0 saturated heterocycles. The van der Waals surface area contributed by atoms with Crippen LogP contribution in [0.1, 0.15) is 45.4 Å². The van der Waals surface area contributed by atoms with Crippen molar-refractivity contribution < 1.29 is 23.8 Å². The molecular formula is C19H23NO5. The van der Waals surface area contributed by atoms with E-state index in [9.17, 15) is 9.59 Å². The topological polar surface area (TPSA) is 73.9 Å². The highest BCUT2D eigenvalue weighted by Crippen LogP contribution is 2.46. The number of nitrogens with one attached hydrogen (secondary N) is 1. The molecule has 2 fully saturated rings. The molecule has 0 aromatic heterocycles. The number of fused-ring (bicyclic) bond motifs is 1. The van der Waals surface area contributed by atoms with Gasteiger partial charge in [-0.15, -0.1) is 0 Å². The van der Waals surface area contributed by atoms with E-state index in [1.54, 1.807) is 12.1 Å². The maximum atomic E-state index is 12.0. The summed E-state index contributed by atoms with van der Waals surface area (Å²) in [6.07, 6.45) is 6.04. The summed E-state index contributed by atoms with van der Waals surface area (Å²) in [6.45, 7) is 1.73. The van der Waals surface area contributed by atoms with Crippen molar-refractivity contribution in [3.8, 4) is 11.5 Å². The van der Waals surface area contributed by atoms with Crippen LogP contribution in [-0.4, -0.2) is 24.3 Å². The van der Waals surface area contributed by atoms with E-state index in [1.165, 1.54) is 6.42 Å². The van der Waals surface area contributed by atoms with Crippen LogP contribution in [0, 0.1) is 11.8 Å². The number of benzene rings is 1. The van der Waals surface area contributed by atoms with Crippen LogP contribution in [0.4, 0.5) is 5.69 Å². The number of carbonyl (C=O) groups is 2. The largest absolute Gasteiger partial charge is 0.455 e. The molecule has 1 heterocycles. The third-order valence-electron chi connectivity index (χ3n) is 5.19. The lowest BCUT2D eigenvalue weighted by Gasteiger charge is -2.31. The molecule has 4 rings (SSSR count). The third-order valence-corrected chi connectivity index (χ3v) is 5.19. The van der Waals surface area contributed by atoms with Gasteiger partial charge in [0.1, 0.15) is 0 Å². The molecule has 1 aliphatic heterocycles. The third kappa shape index (κ3) is 3.43. The number of carbonyl (C=O) groups excluding carboxylic acids is 2. The molecule has 1 N–H and O–H groups in total. The fourth-order valence-electron chi connectivity index (χ4n) is 3.56. The predicted octanol–water partition coefficient (Wildman–Crippen LogP) is 3.26. The summed E-state index contributed by atoms with van der Waals surface area (Å²) in [5.41, 5.74) is 0.607. The van der Waals surface area contributed by atoms with Crippen molar-refractivity contribution in [2.75, 3.05) is 11.9 Å². The van der Waals surface area contributed by atoms with Gasteiger partial charge < -0.3 is 19.5 Å². The highest BCUT2D eigenvalue weighted by molar-refractivity contribution is 5.93. The molecule has 25 heavy (non-hydrogen) atoms. The summed E-state index contributed by atoms with van der Waals surface area (Å²) in [5.74, 6) is 0.541. The van der Waals surface area contributed by atoms with E-state index < -0.39 is 5.79 Å². The molecule has 2 atom stereocenters. The number of hydrogen-bond donors (Lipinski definition) is 1. The van der Waals surface area contributed by atoms with Gasteiger partial charge in [0.2, 0.25) is 0 Å². The summed E-state index contributed by atoms with van der Waals surface area (Å²) in [6, 6.07) is 5.35. The smallest absolute Gasteiger partial charge is 0.309 e. The predicted molar refractivity (Wildman–Crippen MR) is 90.4 cm³/mol. The van der Waals surface area contributed by atoms with Gasteiger partial charge in [0.25, 0.3) is 11.7 Å². The van der Waals surface area contributed by atoms with Gasteiger partial charge in [-0.25, -0.2) is 0 Å². The zero-order valence-corrected chi connectivity index (χ0v) is 14.4. The van der Waals surface area contributed by atoms with Crippen LogP contribution in [0.15, 0.2) is 18.2 Å². The maximum Gasteiger partial charge on any atom is 0.309 e. The molecule has 1 aromatic carbocycles. The summed E-state index contributed by atoms with van der Waals surface area (Å²) >= 11 is 0. The number of rotatable bonds is 4. The van der Waals surface area contributed by atoms with Crippen molar-refractivity contribution in [3.63, 3.8) is 0 Å². The number of anilines is 1. The van der Waals surface area contributed by atoms with Crippen molar-refractivity contribution >= 4 is 17.6 Å². The van der Waals surface area contributed by atoms with E-state index >= 15 is 0 Å². The molecule has 134 valence electrons. The summed E-state index contributed by atoms with van der Waals surface area (Å²) in [4.78, 5) is 23.6. The summed E-state index contributed by atoms with van der Waals surface area (Å²) in [7, 11) is 0. The van der Waals surface area contributed by atoms with E-state index in [4.69, 9.17) is 14.2 Å². The second kappa shape index (κ2) is 6.24. The monoisotopic (exact) mass is 345 g/mol. The number of hydrogen-bond acceptors (Lipinski definition) is 5. The van der Waals surface area contributed by atoms with Gasteiger partial charge in [-0.3, -0.25) is 9.59 Å². The van der Waals surface area contributed by atoms with Crippen LogP contribution in [0.5, 0.6) is 11.5 Å². The second-order valence-electron chi connectivity index (χ2n) is 7.31. The van der Waals surface area contributed by atoms with E-state index in [2.05, 4.69) is 5.32 Å². The molecule has 2 unspecified atom stereocenters. The quantitative estimate of drug-likeness (QED) is 0.848. The lowest BCUT2D eigenvalue weighted by molar-refractivity contribution is -0.148. The molecule has 2 aliphatic carbocycles. The summed E-state index contributed by atoms with van der Waals surface area (Å²) < 4.78 is 17.1. The molecular weight excluding hydrogens is 322 g/mol. The normalized spacial score (nSPS) is 25.5. The first-order valence-corrected chi connectivity index (χ1v) is 9.03. The SMILES string of the molecule is CC1CC1C(=O)OCC(=O)Nc1ccc2c(c1)OC1(CCCCC1)O2. The minimum Gasteiger partial charge on any atom is -0.455 e. The minimum absolute atomic E-state index is 0.0370. The Kier molecular flexibility index (Phi) is 4.06. The van der Waals surface area contributed by atoms with Gasteiger partial charge in [0.15, 0.2) is 18.1 Å². The van der Waals surface area contributed by atoms with Gasteiger partial charge >= 0.3 is 5.97 Å². The van der Waals surface area contributed by atoms with Crippen LogP contribution in [0.2, 0.25) is 0 Å². The van der Waals surface area contributed by atoms with E-state index in [1.807, 2.05) is 13.0 Å². The Labute approximate surface area is 146 Å². The molecule has 6 nitrogen and oxygen atoms in total. The molecule has 1 aromatic rings. The molecule has 0 bridgehead atoms. The molecule has 6 heteroatoms. The van der Waals surface area contributed by atoms with Gasteiger partial charge in [-0.05, 0) is 37.3 Å². The second-order valence-corrected chi connectivity index (χ2v) is 7.31. The molecule has 1 spiro atoms. The number of ether oxygens (including phenoxy) is 3. The zero-order valence-electron chi connectivity index (χ0n) is 14.4. The van der Waals surface area contributed by atoms with Gasteiger partial charge in [-0.1, -0.05) is 13.3 Å². The fourth-order valence-corrected chi connectivity index (χ4v) is 3.56. The average Bonchev–Trinajstić information content (AvgIpc) is 3.23. The highest BCUT2D eigenvalue weighted by Gasteiger charge is 2.42. The van der Waals surface area contributed by atoms with Crippen molar-refractivity contribution in [1.82, 2.24) is 0 Å². The van der Waals surface area contributed by atoms with Crippen LogP contribution >= 0.6 is 0 Å². The Hall–Kier alpha value is -2.24. The first kappa shape index (κ1) is 16.2. The van der Waals surface area contributed by atoms with Crippen molar-refractivity contribution in [3.05, 3.63) is 18.2 Å². The van der Waals surface area contributed by atoms with E-state index in [-0.39, 0.29) is 24.4 Å². The Morgan fingerprint density at radius 2 is 1.92 bits per heavy atom. The average molecular weight is 345 g/mol. The highest BCUT2D eigenvalue weighted by atomic mass is 16.7.